The standard InChI is InChI=1S/C21H21NO6/c1-22-7-6-11-8-15(24-2)16(25-3)9-13(11)18(22)19-12-4-5-14-20(27-10-26-14)17(12)21(23)28-19/h4-5,8-9,18-19H,6-7,10H2,1-3H3/t18-,19-/m0/s1. The smallest absolute Gasteiger partial charge is 0.343 e. The lowest BCUT2D eigenvalue weighted by Gasteiger charge is -2.38. The summed E-state index contributed by atoms with van der Waals surface area (Å²) in [5, 5.41) is 0. The van der Waals surface area contributed by atoms with Crippen molar-refractivity contribution in [3.8, 4) is 23.0 Å². The number of nitrogens with zero attached hydrogens (tertiary/aromatic N) is 1. The molecule has 2 aromatic rings. The van der Waals surface area contributed by atoms with E-state index in [1.165, 1.54) is 5.56 Å². The molecule has 0 spiro atoms. The Kier molecular flexibility index (Phi) is 3.87. The van der Waals surface area contributed by atoms with Gasteiger partial charge in [0.1, 0.15) is 11.7 Å². The van der Waals surface area contributed by atoms with Crippen molar-refractivity contribution in [1.82, 2.24) is 4.90 Å². The van der Waals surface area contributed by atoms with Crippen molar-refractivity contribution in [2.24, 2.45) is 0 Å². The molecule has 0 amide bonds. The van der Waals surface area contributed by atoms with Crippen LogP contribution in [0.3, 0.4) is 0 Å². The van der Waals surface area contributed by atoms with Crippen LogP contribution in [-0.4, -0.2) is 45.5 Å². The molecular formula is C21H21NO6. The van der Waals surface area contributed by atoms with Gasteiger partial charge in [0, 0.05) is 12.1 Å². The SMILES string of the molecule is COc1cc2c(cc1OC)[C@@H]([C@H]1OC(=O)c3c1ccc1c3OCO1)N(C)CC2. The first-order chi connectivity index (χ1) is 13.6. The Morgan fingerprint density at radius 1 is 1.07 bits per heavy atom. The Hall–Kier alpha value is -2.93. The maximum absolute atomic E-state index is 12.7. The van der Waals surface area contributed by atoms with Crippen LogP contribution in [0.15, 0.2) is 24.3 Å². The van der Waals surface area contributed by atoms with Gasteiger partial charge in [-0.15, -0.1) is 0 Å². The van der Waals surface area contributed by atoms with Gasteiger partial charge in [0.15, 0.2) is 23.0 Å². The molecule has 5 rings (SSSR count). The van der Waals surface area contributed by atoms with Gasteiger partial charge >= 0.3 is 5.97 Å². The minimum absolute atomic E-state index is 0.118. The molecule has 0 saturated carbocycles. The molecule has 3 heterocycles. The molecule has 0 fully saturated rings. The molecule has 0 aromatic heterocycles. The lowest BCUT2D eigenvalue weighted by atomic mass is 9.86. The average Bonchev–Trinajstić information content (AvgIpc) is 3.31. The Balaban J connectivity index is 1.63. The van der Waals surface area contributed by atoms with Gasteiger partial charge in [-0.25, -0.2) is 4.79 Å². The van der Waals surface area contributed by atoms with Gasteiger partial charge < -0.3 is 23.7 Å². The first-order valence-corrected chi connectivity index (χ1v) is 9.21. The third kappa shape index (κ3) is 2.36. The Morgan fingerprint density at radius 2 is 1.86 bits per heavy atom. The monoisotopic (exact) mass is 383 g/mol. The van der Waals surface area contributed by atoms with Crippen molar-refractivity contribution in [2.45, 2.75) is 18.6 Å². The number of esters is 1. The summed E-state index contributed by atoms with van der Waals surface area (Å²) < 4.78 is 27.8. The van der Waals surface area contributed by atoms with Gasteiger partial charge in [-0.1, -0.05) is 6.07 Å². The van der Waals surface area contributed by atoms with E-state index in [0.717, 1.165) is 24.1 Å². The summed E-state index contributed by atoms with van der Waals surface area (Å²) in [6.45, 7) is 0.966. The first kappa shape index (κ1) is 17.2. The molecule has 3 aliphatic heterocycles. The molecule has 0 saturated heterocycles. The Bertz CT molecular complexity index is 972. The molecule has 0 unspecified atom stereocenters. The van der Waals surface area contributed by atoms with Crippen molar-refractivity contribution in [1.29, 1.82) is 0 Å². The van der Waals surface area contributed by atoms with Crippen LogP contribution in [0.4, 0.5) is 0 Å². The zero-order valence-electron chi connectivity index (χ0n) is 16.0. The summed E-state index contributed by atoms with van der Waals surface area (Å²) in [6, 6.07) is 7.63. The quantitative estimate of drug-likeness (QED) is 0.755. The van der Waals surface area contributed by atoms with E-state index in [0.29, 0.717) is 28.6 Å². The topological polar surface area (TPSA) is 66.5 Å². The van der Waals surface area contributed by atoms with Gasteiger partial charge in [-0.2, -0.15) is 0 Å². The maximum atomic E-state index is 12.7. The molecule has 7 heteroatoms. The fourth-order valence-electron chi connectivity index (χ4n) is 4.40. The summed E-state index contributed by atoms with van der Waals surface area (Å²) in [7, 11) is 5.30. The first-order valence-electron chi connectivity index (χ1n) is 9.21. The van der Waals surface area contributed by atoms with Crippen LogP contribution in [0.2, 0.25) is 0 Å². The van der Waals surface area contributed by atoms with Crippen LogP contribution in [0, 0.1) is 0 Å². The minimum Gasteiger partial charge on any atom is -0.493 e. The average molecular weight is 383 g/mol. The number of ether oxygens (including phenoxy) is 5. The number of methoxy groups -OCH3 is 2. The number of hydrogen-bond acceptors (Lipinski definition) is 7. The van der Waals surface area contributed by atoms with Gasteiger partial charge in [-0.05, 0) is 42.8 Å². The van der Waals surface area contributed by atoms with E-state index < -0.39 is 6.10 Å². The number of rotatable bonds is 3. The van der Waals surface area contributed by atoms with Crippen LogP contribution >= 0.6 is 0 Å². The lowest BCUT2D eigenvalue weighted by molar-refractivity contribution is 0.00928. The summed E-state index contributed by atoms with van der Waals surface area (Å²) in [5.74, 6) is 2.06. The molecule has 3 aliphatic rings. The molecular weight excluding hydrogens is 362 g/mol. The third-order valence-electron chi connectivity index (χ3n) is 5.78. The molecule has 0 radical (unpaired) electrons. The zero-order valence-corrected chi connectivity index (χ0v) is 16.0. The number of fused-ring (bicyclic) bond motifs is 4. The van der Waals surface area contributed by atoms with E-state index in [1.54, 1.807) is 14.2 Å². The van der Waals surface area contributed by atoms with E-state index in [2.05, 4.69) is 4.90 Å². The van der Waals surface area contributed by atoms with E-state index in [4.69, 9.17) is 23.7 Å². The van der Waals surface area contributed by atoms with Crippen LogP contribution in [0.25, 0.3) is 0 Å². The molecule has 146 valence electrons. The number of carbonyl (C=O) groups is 1. The Labute approximate surface area is 162 Å². The largest absolute Gasteiger partial charge is 0.493 e. The van der Waals surface area contributed by atoms with Crippen molar-refractivity contribution in [2.75, 3.05) is 34.6 Å². The second-order valence-electron chi connectivity index (χ2n) is 7.17. The van der Waals surface area contributed by atoms with Crippen LogP contribution < -0.4 is 18.9 Å². The zero-order chi connectivity index (χ0) is 19.4. The molecule has 2 atom stereocenters. The molecule has 28 heavy (non-hydrogen) atoms. The fraction of sp³-hybridized carbons (Fsp3) is 0.381. The van der Waals surface area contributed by atoms with E-state index in [-0.39, 0.29) is 18.8 Å². The molecule has 0 aliphatic carbocycles. The van der Waals surface area contributed by atoms with Crippen molar-refractivity contribution in [3.05, 3.63) is 46.5 Å². The second-order valence-corrected chi connectivity index (χ2v) is 7.17. The summed E-state index contributed by atoms with van der Waals surface area (Å²) >= 11 is 0. The number of carbonyl (C=O) groups excluding carboxylic acids is 1. The van der Waals surface area contributed by atoms with Gasteiger partial charge in [0.05, 0.1) is 20.3 Å². The summed E-state index contributed by atoms with van der Waals surface area (Å²) in [4.78, 5) is 14.9. The van der Waals surface area contributed by atoms with Crippen LogP contribution in [0.5, 0.6) is 23.0 Å². The predicted octanol–water partition coefficient (Wildman–Crippen LogP) is 2.87. The highest BCUT2D eigenvalue weighted by Gasteiger charge is 2.44. The van der Waals surface area contributed by atoms with Crippen molar-refractivity contribution in [3.63, 3.8) is 0 Å². The van der Waals surface area contributed by atoms with E-state index >= 15 is 0 Å². The number of likely N-dealkylation sites (N-methyl/N-ethyl adjacent to an activating group) is 1. The molecule has 7 nitrogen and oxygen atoms in total. The van der Waals surface area contributed by atoms with Crippen LogP contribution in [-0.2, 0) is 11.2 Å². The minimum atomic E-state index is -0.431. The predicted molar refractivity (Wildman–Crippen MR) is 99.3 cm³/mol. The van der Waals surface area contributed by atoms with Gasteiger partial charge in [-0.3, -0.25) is 4.90 Å². The van der Waals surface area contributed by atoms with Crippen LogP contribution in [0.1, 0.15) is 39.2 Å². The summed E-state index contributed by atoms with van der Waals surface area (Å²) in [5.41, 5.74) is 3.55. The number of hydrogen-bond donors (Lipinski definition) is 0. The summed E-state index contributed by atoms with van der Waals surface area (Å²) in [6.07, 6.45) is 0.455. The van der Waals surface area contributed by atoms with Gasteiger partial charge in [0.2, 0.25) is 6.79 Å². The van der Waals surface area contributed by atoms with E-state index in [9.17, 15) is 4.79 Å². The maximum Gasteiger partial charge on any atom is 0.343 e. The lowest BCUT2D eigenvalue weighted by Crippen LogP contribution is -2.36. The van der Waals surface area contributed by atoms with Crippen molar-refractivity contribution >= 4 is 5.97 Å². The number of cyclic esters (lactones) is 1. The third-order valence-corrected chi connectivity index (χ3v) is 5.78. The molecule has 0 bridgehead atoms. The van der Waals surface area contributed by atoms with Gasteiger partial charge in [0.25, 0.3) is 0 Å². The highest BCUT2D eigenvalue weighted by atomic mass is 16.7. The highest BCUT2D eigenvalue weighted by Crippen LogP contribution is 2.51. The second kappa shape index (κ2) is 6.31. The normalized spacial score (nSPS) is 22.5. The number of benzene rings is 2. The molecule has 2 aromatic carbocycles. The fourth-order valence-corrected chi connectivity index (χ4v) is 4.40. The Morgan fingerprint density at radius 3 is 2.64 bits per heavy atom. The molecule has 0 N–H and O–H groups in total. The van der Waals surface area contributed by atoms with Crippen molar-refractivity contribution < 1.29 is 28.5 Å². The highest BCUT2D eigenvalue weighted by molar-refractivity contribution is 5.98. The van der Waals surface area contributed by atoms with E-state index in [1.807, 2.05) is 31.3 Å².